The number of aromatic nitrogens is 2. The minimum Gasteiger partial charge on any atom is -0.350 e. The SMILES string of the molecule is Cn1nc(C(=O)NCCc2ccc(F)cc2)cc1NC(=O)CCc1ccccc1. The van der Waals surface area contributed by atoms with E-state index in [9.17, 15) is 14.0 Å². The summed E-state index contributed by atoms with van der Waals surface area (Å²) in [6.45, 7) is 0.403. The molecule has 0 aliphatic rings. The van der Waals surface area contributed by atoms with Gasteiger partial charge >= 0.3 is 0 Å². The van der Waals surface area contributed by atoms with Crippen LogP contribution in [0.3, 0.4) is 0 Å². The minimum atomic E-state index is -0.326. The maximum Gasteiger partial charge on any atom is 0.271 e. The fraction of sp³-hybridized carbons (Fsp3) is 0.227. The van der Waals surface area contributed by atoms with Gasteiger partial charge in [-0.25, -0.2) is 4.39 Å². The zero-order chi connectivity index (χ0) is 20.6. The Hall–Kier alpha value is -3.48. The number of aryl methyl sites for hydroxylation is 2. The predicted molar refractivity (Wildman–Crippen MR) is 109 cm³/mol. The van der Waals surface area contributed by atoms with Crippen molar-refractivity contribution in [2.24, 2.45) is 7.05 Å². The Morgan fingerprint density at radius 2 is 1.69 bits per heavy atom. The second-order valence-corrected chi connectivity index (χ2v) is 6.70. The maximum absolute atomic E-state index is 12.9. The Balaban J connectivity index is 1.48. The van der Waals surface area contributed by atoms with Crippen LogP contribution >= 0.6 is 0 Å². The van der Waals surface area contributed by atoms with Crippen LogP contribution in [0, 0.1) is 5.82 Å². The van der Waals surface area contributed by atoms with Gasteiger partial charge in [0.15, 0.2) is 5.69 Å². The van der Waals surface area contributed by atoms with Crippen molar-refractivity contribution in [3.63, 3.8) is 0 Å². The van der Waals surface area contributed by atoms with E-state index < -0.39 is 0 Å². The lowest BCUT2D eigenvalue weighted by atomic mass is 10.1. The average molecular weight is 394 g/mol. The summed E-state index contributed by atoms with van der Waals surface area (Å²) < 4.78 is 14.4. The first-order valence-electron chi connectivity index (χ1n) is 9.42. The van der Waals surface area contributed by atoms with Crippen LogP contribution < -0.4 is 10.6 Å². The summed E-state index contributed by atoms with van der Waals surface area (Å²) in [7, 11) is 1.67. The van der Waals surface area contributed by atoms with Crippen molar-refractivity contribution in [3.8, 4) is 0 Å². The Morgan fingerprint density at radius 1 is 1.00 bits per heavy atom. The number of hydrogen-bond acceptors (Lipinski definition) is 3. The van der Waals surface area contributed by atoms with E-state index in [0.29, 0.717) is 31.6 Å². The van der Waals surface area contributed by atoms with Crippen molar-refractivity contribution >= 4 is 17.6 Å². The molecule has 0 spiro atoms. The number of nitrogens with zero attached hydrogens (tertiary/aromatic N) is 2. The first-order chi connectivity index (χ1) is 14.0. The molecular weight excluding hydrogens is 371 g/mol. The molecule has 1 heterocycles. The van der Waals surface area contributed by atoms with Gasteiger partial charge in [0.2, 0.25) is 5.91 Å². The number of amides is 2. The summed E-state index contributed by atoms with van der Waals surface area (Å²) in [6.07, 6.45) is 1.57. The number of carbonyl (C=O) groups is 2. The van der Waals surface area contributed by atoms with E-state index in [1.165, 1.54) is 16.8 Å². The third kappa shape index (κ3) is 6.00. The zero-order valence-corrected chi connectivity index (χ0v) is 16.2. The largest absolute Gasteiger partial charge is 0.350 e. The summed E-state index contributed by atoms with van der Waals surface area (Å²) >= 11 is 0. The minimum absolute atomic E-state index is 0.139. The first-order valence-corrected chi connectivity index (χ1v) is 9.42. The molecule has 1 aromatic heterocycles. The summed E-state index contributed by atoms with van der Waals surface area (Å²) in [5, 5.41) is 9.73. The van der Waals surface area contributed by atoms with Gasteiger partial charge in [-0.3, -0.25) is 14.3 Å². The Kier molecular flexibility index (Phi) is 6.73. The smallest absolute Gasteiger partial charge is 0.271 e. The molecule has 0 aliphatic heterocycles. The van der Waals surface area contributed by atoms with Gasteiger partial charge in [-0.05, 0) is 36.1 Å². The van der Waals surface area contributed by atoms with E-state index in [-0.39, 0.29) is 23.3 Å². The lowest BCUT2D eigenvalue weighted by Gasteiger charge is -2.05. The van der Waals surface area contributed by atoms with Crippen molar-refractivity contribution in [1.29, 1.82) is 0 Å². The van der Waals surface area contributed by atoms with Gasteiger partial charge in [0.1, 0.15) is 11.6 Å². The summed E-state index contributed by atoms with van der Waals surface area (Å²) in [4.78, 5) is 24.5. The zero-order valence-electron chi connectivity index (χ0n) is 16.2. The molecule has 7 heteroatoms. The van der Waals surface area contributed by atoms with Crippen molar-refractivity contribution in [2.75, 3.05) is 11.9 Å². The normalized spacial score (nSPS) is 10.6. The number of halogens is 1. The third-order valence-corrected chi connectivity index (χ3v) is 4.48. The van der Waals surface area contributed by atoms with E-state index in [1.54, 1.807) is 25.2 Å². The molecule has 2 amide bonds. The molecule has 0 radical (unpaired) electrons. The molecule has 0 saturated heterocycles. The molecule has 3 rings (SSSR count). The second kappa shape index (κ2) is 9.64. The first kappa shape index (κ1) is 20.3. The topological polar surface area (TPSA) is 76.0 Å². The standard InChI is InChI=1S/C22H23FN4O2/c1-27-20(25-21(28)12-9-16-5-3-2-4-6-16)15-19(26-27)22(29)24-14-13-17-7-10-18(23)11-8-17/h2-8,10-11,15H,9,12-14H2,1H3,(H,24,29)(H,25,28). The van der Waals surface area contributed by atoms with Crippen LogP contribution in [0.25, 0.3) is 0 Å². The average Bonchev–Trinajstić information content (AvgIpc) is 3.09. The second-order valence-electron chi connectivity index (χ2n) is 6.70. The fourth-order valence-electron chi connectivity index (χ4n) is 2.87. The number of carbonyl (C=O) groups excluding carboxylic acids is 2. The maximum atomic E-state index is 12.9. The Morgan fingerprint density at radius 3 is 2.41 bits per heavy atom. The molecular formula is C22H23FN4O2. The third-order valence-electron chi connectivity index (χ3n) is 4.48. The highest BCUT2D eigenvalue weighted by Gasteiger charge is 2.14. The van der Waals surface area contributed by atoms with Crippen LogP contribution in [0.2, 0.25) is 0 Å². The Bertz CT molecular complexity index is 968. The van der Waals surface area contributed by atoms with E-state index in [2.05, 4.69) is 15.7 Å². The van der Waals surface area contributed by atoms with Crippen molar-refractivity contribution < 1.29 is 14.0 Å². The molecule has 29 heavy (non-hydrogen) atoms. The summed E-state index contributed by atoms with van der Waals surface area (Å²) in [5.41, 5.74) is 2.25. The molecule has 0 unspecified atom stereocenters. The van der Waals surface area contributed by atoms with Gasteiger partial charge in [-0.2, -0.15) is 5.10 Å². The molecule has 0 aliphatic carbocycles. The molecule has 150 valence electrons. The lowest BCUT2D eigenvalue weighted by Crippen LogP contribution is -2.26. The Labute approximate surface area is 168 Å². The molecule has 3 aromatic rings. The van der Waals surface area contributed by atoms with Crippen molar-refractivity contribution in [2.45, 2.75) is 19.3 Å². The molecule has 0 saturated carbocycles. The lowest BCUT2D eigenvalue weighted by molar-refractivity contribution is -0.116. The van der Waals surface area contributed by atoms with E-state index in [0.717, 1.165) is 11.1 Å². The molecule has 0 atom stereocenters. The van der Waals surface area contributed by atoms with Crippen LogP contribution in [0.15, 0.2) is 60.7 Å². The van der Waals surface area contributed by atoms with Gasteiger partial charge in [-0.15, -0.1) is 0 Å². The van der Waals surface area contributed by atoms with E-state index in [1.807, 2.05) is 30.3 Å². The highest BCUT2D eigenvalue weighted by atomic mass is 19.1. The summed E-state index contributed by atoms with van der Waals surface area (Å²) in [6, 6.07) is 17.5. The highest BCUT2D eigenvalue weighted by molar-refractivity contribution is 5.95. The number of anilines is 1. The van der Waals surface area contributed by atoms with E-state index >= 15 is 0 Å². The van der Waals surface area contributed by atoms with Crippen molar-refractivity contribution in [1.82, 2.24) is 15.1 Å². The number of nitrogens with one attached hydrogen (secondary N) is 2. The van der Waals surface area contributed by atoms with Gasteiger partial charge in [0.05, 0.1) is 0 Å². The van der Waals surface area contributed by atoms with Gasteiger partial charge in [-0.1, -0.05) is 42.5 Å². The molecule has 0 fully saturated rings. The molecule has 6 nitrogen and oxygen atoms in total. The van der Waals surface area contributed by atoms with Crippen LogP contribution in [-0.4, -0.2) is 28.1 Å². The van der Waals surface area contributed by atoms with Gasteiger partial charge < -0.3 is 10.6 Å². The summed E-state index contributed by atoms with van der Waals surface area (Å²) in [5.74, 6) is -0.288. The highest BCUT2D eigenvalue weighted by Crippen LogP contribution is 2.11. The number of benzene rings is 2. The molecule has 2 N–H and O–H groups in total. The molecule has 2 aromatic carbocycles. The van der Waals surface area contributed by atoms with Crippen LogP contribution in [-0.2, 0) is 24.7 Å². The quantitative estimate of drug-likeness (QED) is 0.616. The van der Waals surface area contributed by atoms with Gasteiger partial charge in [0, 0.05) is 26.1 Å². The van der Waals surface area contributed by atoms with Crippen LogP contribution in [0.1, 0.15) is 28.0 Å². The number of rotatable bonds is 8. The van der Waals surface area contributed by atoms with Gasteiger partial charge in [0.25, 0.3) is 5.91 Å². The monoisotopic (exact) mass is 394 g/mol. The van der Waals surface area contributed by atoms with Crippen molar-refractivity contribution in [3.05, 3.63) is 83.3 Å². The van der Waals surface area contributed by atoms with Crippen LogP contribution in [0.4, 0.5) is 10.2 Å². The van der Waals surface area contributed by atoms with E-state index in [4.69, 9.17) is 0 Å². The number of hydrogen-bond donors (Lipinski definition) is 2. The molecule has 0 bridgehead atoms. The fourth-order valence-corrected chi connectivity index (χ4v) is 2.87. The predicted octanol–water partition coefficient (Wildman–Crippen LogP) is 3.10. The van der Waals surface area contributed by atoms with Crippen LogP contribution in [0.5, 0.6) is 0 Å².